The van der Waals surface area contributed by atoms with E-state index in [4.69, 9.17) is 4.74 Å². The molecular weight excluding hydrogens is 335 g/mol. The molecule has 132 valence electrons. The Kier molecular flexibility index (Phi) is 5.17. The van der Waals surface area contributed by atoms with Gasteiger partial charge in [0.1, 0.15) is 10.7 Å². The lowest BCUT2D eigenvalue weighted by Crippen LogP contribution is -2.41. The Bertz CT molecular complexity index is 711. The Labute approximate surface area is 141 Å². The van der Waals surface area contributed by atoms with Gasteiger partial charge in [0, 0.05) is 24.7 Å². The van der Waals surface area contributed by atoms with E-state index in [2.05, 4.69) is 5.32 Å². The molecule has 0 radical (unpaired) electrons. The normalized spacial score (nSPS) is 20.2. The first-order chi connectivity index (χ1) is 11.5. The van der Waals surface area contributed by atoms with Crippen LogP contribution in [0.4, 0.5) is 4.39 Å². The molecule has 2 fully saturated rings. The zero-order chi connectivity index (χ0) is 17.2. The van der Waals surface area contributed by atoms with Crippen molar-refractivity contribution < 1.29 is 22.3 Å². The van der Waals surface area contributed by atoms with Gasteiger partial charge in [0.15, 0.2) is 0 Å². The molecule has 0 atom stereocenters. The van der Waals surface area contributed by atoms with Gasteiger partial charge >= 0.3 is 0 Å². The summed E-state index contributed by atoms with van der Waals surface area (Å²) in [5, 5.41) is 2.88. The SMILES string of the molecule is O=C(NC1CCCC1)c1ccc(F)c(S(=O)(=O)N2CCOCC2)c1. The number of rotatable bonds is 4. The lowest BCUT2D eigenvalue weighted by Gasteiger charge is -2.26. The molecule has 0 aromatic heterocycles. The smallest absolute Gasteiger partial charge is 0.251 e. The third-order valence-electron chi connectivity index (χ3n) is 4.47. The predicted molar refractivity (Wildman–Crippen MR) is 85.7 cm³/mol. The lowest BCUT2D eigenvalue weighted by atomic mass is 10.2. The zero-order valence-corrected chi connectivity index (χ0v) is 14.1. The maximum atomic E-state index is 14.1. The van der Waals surface area contributed by atoms with E-state index >= 15 is 0 Å². The molecule has 1 heterocycles. The first-order valence-electron chi connectivity index (χ1n) is 8.17. The van der Waals surface area contributed by atoms with Crippen molar-refractivity contribution in [2.24, 2.45) is 0 Å². The van der Waals surface area contributed by atoms with Gasteiger partial charge in [0.2, 0.25) is 10.0 Å². The Morgan fingerprint density at radius 2 is 1.88 bits per heavy atom. The summed E-state index contributed by atoms with van der Waals surface area (Å²) in [7, 11) is -3.98. The number of nitrogens with zero attached hydrogens (tertiary/aromatic N) is 1. The minimum atomic E-state index is -3.98. The Morgan fingerprint density at radius 1 is 1.21 bits per heavy atom. The number of carbonyl (C=O) groups excluding carboxylic acids is 1. The number of amides is 1. The highest BCUT2D eigenvalue weighted by molar-refractivity contribution is 7.89. The summed E-state index contributed by atoms with van der Waals surface area (Å²) >= 11 is 0. The molecule has 0 bridgehead atoms. The molecular formula is C16H21FN2O4S. The predicted octanol–water partition coefficient (Wildman–Crippen LogP) is 1.52. The molecule has 1 aliphatic heterocycles. The standard InChI is InChI=1S/C16H21FN2O4S/c17-14-6-5-12(16(20)18-13-3-1-2-4-13)11-15(14)24(21,22)19-7-9-23-10-8-19/h5-6,11,13H,1-4,7-10H2,(H,18,20). The summed E-state index contributed by atoms with van der Waals surface area (Å²) in [4.78, 5) is 11.9. The van der Waals surface area contributed by atoms with Crippen LogP contribution in [0, 0.1) is 5.82 Å². The van der Waals surface area contributed by atoms with Gasteiger partial charge in [-0.1, -0.05) is 12.8 Å². The van der Waals surface area contributed by atoms with Crippen LogP contribution in [0.3, 0.4) is 0 Å². The Morgan fingerprint density at radius 3 is 2.54 bits per heavy atom. The molecule has 1 saturated carbocycles. The molecule has 24 heavy (non-hydrogen) atoms. The van der Waals surface area contributed by atoms with Crippen molar-refractivity contribution in [2.45, 2.75) is 36.6 Å². The van der Waals surface area contributed by atoms with Crippen LogP contribution in [0.5, 0.6) is 0 Å². The summed E-state index contributed by atoms with van der Waals surface area (Å²) in [5.41, 5.74) is 0.162. The Hall–Kier alpha value is -1.51. The minimum Gasteiger partial charge on any atom is -0.379 e. The van der Waals surface area contributed by atoms with E-state index < -0.39 is 20.7 Å². The van der Waals surface area contributed by atoms with E-state index in [0.717, 1.165) is 37.8 Å². The molecule has 0 unspecified atom stereocenters. The van der Waals surface area contributed by atoms with Crippen molar-refractivity contribution in [3.8, 4) is 0 Å². The number of nitrogens with one attached hydrogen (secondary N) is 1. The van der Waals surface area contributed by atoms with E-state index in [1.54, 1.807) is 0 Å². The van der Waals surface area contributed by atoms with Crippen molar-refractivity contribution in [2.75, 3.05) is 26.3 Å². The maximum absolute atomic E-state index is 14.1. The van der Waals surface area contributed by atoms with Crippen molar-refractivity contribution in [1.29, 1.82) is 0 Å². The third kappa shape index (κ3) is 3.60. The second-order valence-electron chi connectivity index (χ2n) is 6.12. The van der Waals surface area contributed by atoms with Gasteiger partial charge in [-0.05, 0) is 31.0 Å². The number of hydrogen-bond donors (Lipinski definition) is 1. The van der Waals surface area contributed by atoms with Gasteiger partial charge in [-0.2, -0.15) is 4.31 Å². The number of ether oxygens (including phenoxy) is 1. The van der Waals surface area contributed by atoms with E-state index in [-0.39, 0.29) is 43.8 Å². The van der Waals surface area contributed by atoms with Crippen LogP contribution in [-0.2, 0) is 14.8 Å². The number of morpholine rings is 1. The molecule has 1 saturated heterocycles. The van der Waals surface area contributed by atoms with Gasteiger partial charge in [-0.25, -0.2) is 12.8 Å². The van der Waals surface area contributed by atoms with Crippen LogP contribution in [0.1, 0.15) is 36.0 Å². The second kappa shape index (κ2) is 7.16. The zero-order valence-electron chi connectivity index (χ0n) is 13.3. The number of benzene rings is 1. The summed E-state index contributed by atoms with van der Waals surface area (Å²) in [5.74, 6) is -1.21. The molecule has 1 aromatic carbocycles. The van der Waals surface area contributed by atoms with Crippen LogP contribution in [0.25, 0.3) is 0 Å². The lowest BCUT2D eigenvalue weighted by molar-refractivity contribution is 0.0729. The van der Waals surface area contributed by atoms with E-state index in [0.29, 0.717) is 0 Å². The van der Waals surface area contributed by atoms with Crippen LogP contribution in [0.15, 0.2) is 23.1 Å². The van der Waals surface area contributed by atoms with Crippen LogP contribution >= 0.6 is 0 Å². The molecule has 1 amide bonds. The number of carbonyl (C=O) groups is 1. The average Bonchev–Trinajstić information content (AvgIpc) is 3.09. The van der Waals surface area contributed by atoms with Crippen molar-refractivity contribution in [1.82, 2.24) is 9.62 Å². The summed E-state index contributed by atoms with van der Waals surface area (Å²) in [6.07, 6.45) is 3.99. The first-order valence-corrected chi connectivity index (χ1v) is 9.61. The van der Waals surface area contributed by atoms with E-state index in [9.17, 15) is 17.6 Å². The highest BCUT2D eigenvalue weighted by atomic mass is 32.2. The second-order valence-corrected chi connectivity index (χ2v) is 8.02. The summed E-state index contributed by atoms with van der Waals surface area (Å²) in [6, 6.07) is 3.60. The van der Waals surface area contributed by atoms with Gasteiger partial charge in [0.25, 0.3) is 5.91 Å². The van der Waals surface area contributed by atoms with Gasteiger partial charge in [-0.15, -0.1) is 0 Å². The van der Waals surface area contributed by atoms with Crippen LogP contribution in [-0.4, -0.2) is 51.0 Å². The van der Waals surface area contributed by atoms with Gasteiger partial charge < -0.3 is 10.1 Å². The highest BCUT2D eigenvalue weighted by Gasteiger charge is 2.30. The summed E-state index contributed by atoms with van der Waals surface area (Å²) in [6.45, 7) is 0.923. The topological polar surface area (TPSA) is 75.7 Å². The average molecular weight is 356 g/mol. The van der Waals surface area contributed by atoms with Crippen LogP contribution < -0.4 is 5.32 Å². The maximum Gasteiger partial charge on any atom is 0.251 e. The largest absolute Gasteiger partial charge is 0.379 e. The monoisotopic (exact) mass is 356 g/mol. The first kappa shape index (κ1) is 17.3. The van der Waals surface area contributed by atoms with Crippen molar-refractivity contribution >= 4 is 15.9 Å². The summed E-state index contributed by atoms with van der Waals surface area (Å²) < 4.78 is 45.7. The molecule has 1 N–H and O–H groups in total. The fraction of sp³-hybridized carbons (Fsp3) is 0.562. The molecule has 1 aromatic rings. The molecule has 6 nitrogen and oxygen atoms in total. The van der Waals surface area contributed by atoms with Crippen molar-refractivity contribution in [3.63, 3.8) is 0 Å². The van der Waals surface area contributed by atoms with Gasteiger partial charge in [0.05, 0.1) is 13.2 Å². The number of halogens is 1. The highest BCUT2D eigenvalue weighted by Crippen LogP contribution is 2.23. The molecule has 2 aliphatic rings. The minimum absolute atomic E-state index is 0.113. The quantitative estimate of drug-likeness (QED) is 0.887. The molecule has 3 rings (SSSR count). The van der Waals surface area contributed by atoms with Gasteiger partial charge in [-0.3, -0.25) is 4.79 Å². The molecule has 8 heteroatoms. The number of hydrogen-bond acceptors (Lipinski definition) is 4. The fourth-order valence-corrected chi connectivity index (χ4v) is 4.61. The van der Waals surface area contributed by atoms with E-state index in [1.165, 1.54) is 10.4 Å². The third-order valence-corrected chi connectivity index (χ3v) is 6.39. The van der Waals surface area contributed by atoms with Crippen LogP contribution in [0.2, 0.25) is 0 Å². The molecule has 1 aliphatic carbocycles. The Balaban J connectivity index is 1.84. The van der Waals surface area contributed by atoms with E-state index in [1.807, 2.05) is 0 Å². The number of sulfonamides is 1. The fourth-order valence-electron chi connectivity index (χ4n) is 3.11. The van der Waals surface area contributed by atoms with Crippen molar-refractivity contribution in [3.05, 3.63) is 29.6 Å². The molecule has 0 spiro atoms.